The molecule has 124 valence electrons. The zero-order valence-corrected chi connectivity index (χ0v) is 13.9. The summed E-state index contributed by atoms with van der Waals surface area (Å²) in [5.74, 6) is -0.850. The van der Waals surface area contributed by atoms with E-state index in [0.29, 0.717) is 18.7 Å². The lowest BCUT2D eigenvalue weighted by atomic mass is 10.2. The fourth-order valence-corrected chi connectivity index (χ4v) is 3.06. The number of thiophene rings is 1. The zero-order valence-electron chi connectivity index (χ0n) is 13.1. The minimum absolute atomic E-state index is 0.205. The predicted octanol–water partition coefficient (Wildman–Crippen LogP) is 0.947. The van der Waals surface area contributed by atoms with Gasteiger partial charge >= 0.3 is 0 Å². The van der Waals surface area contributed by atoms with Crippen molar-refractivity contribution in [3.8, 4) is 0 Å². The van der Waals surface area contributed by atoms with Gasteiger partial charge in [0.15, 0.2) is 0 Å². The molecule has 0 aromatic carbocycles. The highest BCUT2D eigenvalue weighted by Crippen LogP contribution is 2.18. The van der Waals surface area contributed by atoms with Crippen LogP contribution in [0.2, 0.25) is 0 Å². The van der Waals surface area contributed by atoms with Gasteiger partial charge in [-0.3, -0.25) is 14.4 Å². The van der Waals surface area contributed by atoms with Crippen molar-refractivity contribution < 1.29 is 19.2 Å². The van der Waals surface area contributed by atoms with Gasteiger partial charge in [-0.2, -0.15) is 0 Å². The summed E-state index contributed by atoms with van der Waals surface area (Å²) in [5.41, 5.74) is 0.612. The highest BCUT2D eigenvalue weighted by Gasteiger charge is 2.38. The minimum Gasteiger partial charge on any atom is -0.399 e. The lowest BCUT2D eigenvalue weighted by Crippen LogP contribution is -2.46. The molecule has 1 atom stereocenters. The molecule has 7 nitrogen and oxygen atoms in total. The topological polar surface area (TPSA) is 88.1 Å². The number of carbonyl (C=O) groups is 3. The second-order valence-corrected chi connectivity index (χ2v) is 6.29. The molecule has 23 heavy (non-hydrogen) atoms. The number of likely N-dealkylation sites (tertiary alicyclic amines) is 1. The molecule has 1 aromatic heterocycles. The van der Waals surface area contributed by atoms with Crippen LogP contribution in [0.5, 0.6) is 0 Å². The monoisotopic (exact) mass is 337 g/mol. The number of nitrogens with zero attached hydrogens (tertiary/aromatic N) is 2. The summed E-state index contributed by atoms with van der Waals surface area (Å²) in [6.45, 7) is 1.97. The first kappa shape index (κ1) is 17.1. The van der Waals surface area contributed by atoms with Gasteiger partial charge in [-0.05, 0) is 18.4 Å². The summed E-state index contributed by atoms with van der Waals surface area (Å²) >= 11 is 1.55. The third-order valence-electron chi connectivity index (χ3n) is 3.42. The predicted molar refractivity (Wildman–Crippen MR) is 86.0 cm³/mol. The normalized spacial score (nSPS) is 19.0. The van der Waals surface area contributed by atoms with Gasteiger partial charge in [0.05, 0.1) is 25.2 Å². The van der Waals surface area contributed by atoms with Gasteiger partial charge in [0, 0.05) is 11.3 Å². The number of Topliss-reactive ketones (excluding diaryl/α,β-unsaturated/α-hetero) is 1. The van der Waals surface area contributed by atoms with E-state index in [1.807, 2.05) is 17.5 Å². The van der Waals surface area contributed by atoms with E-state index in [2.05, 4.69) is 10.5 Å². The van der Waals surface area contributed by atoms with Crippen LogP contribution in [-0.2, 0) is 25.8 Å². The van der Waals surface area contributed by atoms with Crippen LogP contribution in [0.1, 0.15) is 24.6 Å². The maximum atomic E-state index is 12.4. The van der Waals surface area contributed by atoms with E-state index in [4.69, 9.17) is 4.84 Å². The molecule has 8 heteroatoms. The number of hydrogen-bond acceptors (Lipinski definition) is 6. The Morgan fingerprint density at radius 3 is 2.87 bits per heavy atom. The van der Waals surface area contributed by atoms with Crippen molar-refractivity contribution in [1.29, 1.82) is 0 Å². The van der Waals surface area contributed by atoms with Crippen LogP contribution in [-0.4, -0.2) is 47.9 Å². The van der Waals surface area contributed by atoms with Crippen molar-refractivity contribution >= 4 is 34.6 Å². The van der Waals surface area contributed by atoms with Crippen LogP contribution < -0.4 is 5.32 Å². The Hall–Kier alpha value is -2.22. The molecule has 2 amide bonds. The average molecular weight is 337 g/mol. The molecule has 2 rings (SSSR count). The molecule has 1 aliphatic heterocycles. The second-order valence-electron chi connectivity index (χ2n) is 5.26. The molecule has 0 spiro atoms. The summed E-state index contributed by atoms with van der Waals surface area (Å²) in [4.78, 5) is 42.9. The first-order chi connectivity index (χ1) is 11.0. The number of carbonyl (C=O) groups excluding carboxylic acids is 3. The molecule has 1 saturated heterocycles. The van der Waals surface area contributed by atoms with E-state index >= 15 is 0 Å². The third kappa shape index (κ3) is 4.62. The first-order valence-electron chi connectivity index (χ1n) is 7.19. The van der Waals surface area contributed by atoms with Crippen molar-refractivity contribution in [3.63, 3.8) is 0 Å². The number of hydrogen-bond donors (Lipinski definition) is 1. The lowest BCUT2D eigenvalue weighted by molar-refractivity contribution is -0.140. The molecule has 0 aliphatic carbocycles. The van der Waals surface area contributed by atoms with Crippen molar-refractivity contribution in [3.05, 3.63) is 22.4 Å². The molecular weight excluding hydrogens is 318 g/mol. The van der Waals surface area contributed by atoms with E-state index in [0.717, 1.165) is 4.88 Å². The molecule has 1 fully saturated rings. The lowest BCUT2D eigenvalue weighted by Gasteiger charge is -2.22. The summed E-state index contributed by atoms with van der Waals surface area (Å²) < 4.78 is 0. The van der Waals surface area contributed by atoms with Gasteiger partial charge in [-0.1, -0.05) is 11.2 Å². The Labute approximate surface area is 138 Å². The van der Waals surface area contributed by atoms with Crippen molar-refractivity contribution in [2.45, 2.75) is 32.4 Å². The van der Waals surface area contributed by atoms with Crippen molar-refractivity contribution in [2.24, 2.45) is 5.16 Å². The van der Waals surface area contributed by atoms with Crippen LogP contribution in [0.3, 0.4) is 0 Å². The van der Waals surface area contributed by atoms with Crippen LogP contribution in [0.15, 0.2) is 22.7 Å². The van der Waals surface area contributed by atoms with Gasteiger partial charge in [-0.15, -0.1) is 11.3 Å². The molecular formula is C15H19N3O4S. The van der Waals surface area contributed by atoms with Crippen molar-refractivity contribution in [1.82, 2.24) is 10.2 Å². The fraction of sp³-hybridized carbons (Fsp3) is 0.467. The molecule has 1 aliphatic rings. The maximum Gasteiger partial charge on any atom is 0.243 e. The van der Waals surface area contributed by atoms with Gasteiger partial charge in [0.2, 0.25) is 11.8 Å². The van der Waals surface area contributed by atoms with E-state index in [-0.39, 0.29) is 30.6 Å². The fourth-order valence-electron chi connectivity index (χ4n) is 2.42. The summed E-state index contributed by atoms with van der Waals surface area (Å²) in [6.07, 6.45) is 0.0999. The summed E-state index contributed by atoms with van der Waals surface area (Å²) in [7, 11) is 1.42. The van der Waals surface area contributed by atoms with Gasteiger partial charge in [0.1, 0.15) is 18.9 Å². The van der Waals surface area contributed by atoms with Crippen LogP contribution in [0, 0.1) is 0 Å². The Balaban J connectivity index is 2.05. The van der Waals surface area contributed by atoms with E-state index in [1.54, 1.807) is 11.3 Å². The number of nitrogens with one attached hydrogen (secondary N) is 1. The Morgan fingerprint density at radius 1 is 1.48 bits per heavy atom. The van der Waals surface area contributed by atoms with Gasteiger partial charge < -0.3 is 15.1 Å². The van der Waals surface area contributed by atoms with E-state index < -0.39 is 6.04 Å². The quantitative estimate of drug-likeness (QED) is 0.618. The van der Waals surface area contributed by atoms with Crippen LogP contribution in [0.4, 0.5) is 0 Å². The highest BCUT2D eigenvalue weighted by atomic mass is 32.1. The molecule has 1 aromatic rings. The largest absolute Gasteiger partial charge is 0.399 e. The molecule has 0 saturated carbocycles. The maximum absolute atomic E-state index is 12.4. The number of amides is 2. The molecule has 2 heterocycles. The molecule has 0 radical (unpaired) electrons. The Morgan fingerprint density at radius 2 is 2.26 bits per heavy atom. The average Bonchev–Trinajstić information content (AvgIpc) is 3.13. The summed E-state index contributed by atoms with van der Waals surface area (Å²) in [5, 5.41) is 8.60. The Kier molecular flexibility index (Phi) is 5.86. The van der Waals surface area contributed by atoms with E-state index in [9.17, 15) is 14.4 Å². The Bertz CT molecular complexity index is 612. The molecule has 1 unspecified atom stereocenters. The summed E-state index contributed by atoms with van der Waals surface area (Å²) in [6, 6.07) is 3.18. The molecule has 1 N–H and O–H groups in total. The first-order valence-corrected chi connectivity index (χ1v) is 8.07. The van der Waals surface area contributed by atoms with Crippen LogP contribution in [0.25, 0.3) is 0 Å². The van der Waals surface area contributed by atoms with Crippen LogP contribution >= 0.6 is 11.3 Å². The second kappa shape index (κ2) is 7.87. The number of oxime groups is 1. The zero-order chi connectivity index (χ0) is 16.8. The minimum atomic E-state index is -0.657. The number of ketones is 1. The number of rotatable bonds is 6. The molecule has 0 bridgehead atoms. The standard InChI is InChI=1S/C15H19N3O4S/c1-10(19)6-14(20)18-9-11(17-22-2)7-13(18)15(21)16-8-12-4-3-5-23-12/h3-5,13H,6-9H2,1-2H3,(H,16,21)/b17-11+. The van der Waals surface area contributed by atoms with Gasteiger partial charge in [-0.25, -0.2) is 0 Å². The van der Waals surface area contributed by atoms with Crippen molar-refractivity contribution in [2.75, 3.05) is 13.7 Å². The smallest absolute Gasteiger partial charge is 0.243 e. The van der Waals surface area contributed by atoms with E-state index in [1.165, 1.54) is 18.9 Å². The highest BCUT2D eigenvalue weighted by molar-refractivity contribution is 7.09. The SMILES string of the molecule is CO/N=C1\CC(C(=O)NCc2cccs2)N(C(=O)CC(C)=O)C1. The van der Waals surface area contributed by atoms with Gasteiger partial charge in [0.25, 0.3) is 0 Å². The third-order valence-corrected chi connectivity index (χ3v) is 4.29.